The average Bonchev–Trinajstić information content (AvgIpc) is 2.99. The number of hydrogen-bond donors (Lipinski definition) is 0. The van der Waals surface area contributed by atoms with E-state index in [1.54, 1.807) is 0 Å². The summed E-state index contributed by atoms with van der Waals surface area (Å²) in [7, 11) is 0. The summed E-state index contributed by atoms with van der Waals surface area (Å²) in [6.07, 6.45) is 8.93. The molecular formula is C37H30Cl2O2. The number of Topliss-reactive ketones (excluding diaryl/α,β-unsaturated/α-hetero) is 2. The van der Waals surface area contributed by atoms with Crippen molar-refractivity contribution in [3.05, 3.63) is 152 Å². The first-order valence-corrected chi connectivity index (χ1v) is 14.8. The third-order valence-corrected chi connectivity index (χ3v) is 9.42. The maximum atomic E-state index is 13.9. The van der Waals surface area contributed by atoms with Gasteiger partial charge in [-0.15, -0.1) is 0 Å². The first kappa shape index (κ1) is 27.4. The lowest BCUT2D eigenvalue weighted by atomic mass is 9.73. The van der Waals surface area contributed by atoms with E-state index in [9.17, 15) is 9.59 Å². The predicted molar refractivity (Wildman–Crippen MR) is 169 cm³/mol. The smallest absolute Gasteiger partial charge is 0.190 e. The van der Waals surface area contributed by atoms with Gasteiger partial charge in [0.25, 0.3) is 0 Å². The molecule has 0 saturated carbocycles. The molecule has 3 aromatic rings. The van der Waals surface area contributed by atoms with Crippen LogP contribution in [0.1, 0.15) is 70.5 Å². The fourth-order valence-electron chi connectivity index (χ4n) is 6.15. The standard InChI is InChI=1S/C37H30Cl2O2/c1-21-18-25(14-17-35(21)39)23(3)32-20-34(28-9-5-7-11-30(28)37(32)41)33-19-31(22(2)24-12-15-26(38)16-13-24)36(40)29-10-6-4-8-27(29)33/h4-17,19-23H,18H2,1-3H3/b34-33+. The first-order valence-electron chi connectivity index (χ1n) is 14.0. The highest BCUT2D eigenvalue weighted by Gasteiger charge is 2.33. The van der Waals surface area contributed by atoms with E-state index in [0.29, 0.717) is 16.1 Å². The topological polar surface area (TPSA) is 34.1 Å². The van der Waals surface area contributed by atoms with Crippen molar-refractivity contribution in [1.82, 2.24) is 0 Å². The Kier molecular flexibility index (Phi) is 7.32. The van der Waals surface area contributed by atoms with Crippen molar-refractivity contribution in [2.45, 2.75) is 33.1 Å². The summed E-state index contributed by atoms with van der Waals surface area (Å²) in [6.45, 7) is 6.27. The normalized spacial score (nSPS) is 21.6. The Labute approximate surface area is 251 Å². The first-order chi connectivity index (χ1) is 19.7. The van der Waals surface area contributed by atoms with Crippen LogP contribution in [-0.4, -0.2) is 11.6 Å². The molecule has 3 atom stereocenters. The lowest BCUT2D eigenvalue weighted by molar-refractivity contribution is 0.101. The zero-order valence-electron chi connectivity index (χ0n) is 23.2. The fourth-order valence-corrected chi connectivity index (χ4v) is 6.42. The zero-order chi connectivity index (χ0) is 28.8. The van der Waals surface area contributed by atoms with Gasteiger partial charge in [0.2, 0.25) is 0 Å². The molecular weight excluding hydrogens is 547 g/mol. The van der Waals surface area contributed by atoms with Crippen molar-refractivity contribution in [2.24, 2.45) is 11.8 Å². The molecule has 0 spiro atoms. The van der Waals surface area contributed by atoms with Gasteiger partial charge in [0.15, 0.2) is 11.6 Å². The van der Waals surface area contributed by atoms with E-state index in [0.717, 1.165) is 50.4 Å². The monoisotopic (exact) mass is 576 g/mol. The van der Waals surface area contributed by atoms with E-state index >= 15 is 0 Å². The summed E-state index contributed by atoms with van der Waals surface area (Å²) in [5, 5.41) is 1.50. The highest BCUT2D eigenvalue weighted by atomic mass is 35.5. The van der Waals surface area contributed by atoms with Crippen molar-refractivity contribution < 1.29 is 9.59 Å². The summed E-state index contributed by atoms with van der Waals surface area (Å²) in [4.78, 5) is 27.8. The summed E-state index contributed by atoms with van der Waals surface area (Å²) in [5.74, 6) is 0.0733. The minimum atomic E-state index is -0.142. The van der Waals surface area contributed by atoms with Crippen LogP contribution in [0.4, 0.5) is 0 Å². The molecule has 41 heavy (non-hydrogen) atoms. The van der Waals surface area contributed by atoms with Crippen LogP contribution in [0.3, 0.4) is 0 Å². The summed E-state index contributed by atoms with van der Waals surface area (Å²) >= 11 is 12.5. The number of benzene rings is 3. The summed E-state index contributed by atoms with van der Waals surface area (Å²) < 4.78 is 0. The van der Waals surface area contributed by atoms with Crippen molar-refractivity contribution in [3.63, 3.8) is 0 Å². The van der Waals surface area contributed by atoms with Gasteiger partial charge in [-0.25, -0.2) is 0 Å². The number of halogens is 2. The van der Waals surface area contributed by atoms with Gasteiger partial charge in [-0.3, -0.25) is 9.59 Å². The molecule has 0 N–H and O–H groups in total. The van der Waals surface area contributed by atoms with Crippen molar-refractivity contribution >= 4 is 45.9 Å². The number of fused-ring (bicyclic) bond motifs is 2. The Morgan fingerprint density at radius 2 is 1.15 bits per heavy atom. The summed E-state index contributed by atoms with van der Waals surface area (Å²) in [6, 6.07) is 23.2. The van der Waals surface area contributed by atoms with E-state index in [4.69, 9.17) is 23.2 Å². The van der Waals surface area contributed by atoms with Crippen LogP contribution in [0.5, 0.6) is 0 Å². The largest absolute Gasteiger partial charge is 0.289 e. The Morgan fingerprint density at radius 1 is 0.659 bits per heavy atom. The second kappa shape index (κ2) is 10.9. The molecule has 3 aliphatic rings. The Hall–Kier alpha value is -3.72. The number of allylic oxidation sites excluding steroid dienone is 10. The van der Waals surface area contributed by atoms with Gasteiger partial charge in [0.1, 0.15) is 0 Å². The van der Waals surface area contributed by atoms with Crippen molar-refractivity contribution in [1.29, 1.82) is 0 Å². The molecule has 204 valence electrons. The van der Waals surface area contributed by atoms with Crippen LogP contribution in [0.25, 0.3) is 11.1 Å². The minimum absolute atomic E-state index is 0.0233. The quantitative estimate of drug-likeness (QED) is 0.309. The maximum Gasteiger partial charge on any atom is 0.190 e. The highest BCUT2D eigenvalue weighted by molar-refractivity contribution is 6.30. The van der Waals surface area contributed by atoms with Gasteiger partial charge < -0.3 is 0 Å². The Bertz CT molecular complexity index is 1750. The second-order valence-corrected chi connectivity index (χ2v) is 12.0. The summed E-state index contributed by atoms with van der Waals surface area (Å²) in [5.41, 5.74) is 8.73. The Balaban J connectivity index is 1.57. The molecule has 0 aromatic heterocycles. The van der Waals surface area contributed by atoms with Gasteiger partial charge in [0.05, 0.1) is 0 Å². The lowest BCUT2D eigenvalue weighted by Gasteiger charge is -2.29. The van der Waals surface area contributed by atoms with Gasteiger partial charge in [0, 0.05) is 44.2 Å². The van der Waals surface area contributed by atoms with E-state index in [-0.39, 0.29) is 29.3 Å². The third-order valence-electron chi connectivity index (χ3n) is 8.67. The van der Waals surface area contributed by atoms with E-state index in [1.807, 2.05) is 84.9 Å². The number of rotatable bonds is 4. The number of carbonyl (C=O) groups excluding carboxylic acids is 2. The molecule has 3 aromatic carbocycles. The van der Waals surface area contributed by atoms with Crippen LogP contribution in [0, 0.1) is 11.8 Å². The van der Waals surface area contributed by atoms with E-state index in [1.165, 1.54) is 5.57 Å². The van der Waals surface area contributed by atoms with Crippen LogP contribution < -0.4 is 0 Å². The van der Waals surface area contributed by atoms with Crippen LogP contribution >= 0.6 is 23.2 Å². The van der Waals surface area contributed by atoms with Crippen LogP contribution in [0.15, 0.2) is 119 Å². The molecule has 0 fully saturated rings. The number of ketones is 2. The SMILES string of the molecule is CC1CC(C(C)C2=C/C(=C3/C=C(C(C)c4ccc(Cl)cc4)C(=O)c4ccccc43)c3ccccc3C2=O)=CC=C1Cl. The molecule has 0 saturated heterocycles. The molecule has 0 aliphatic heterocycles. The third kappa shape index (κ3) is 4.90. The molecule has 0 amide bonds. The fraction of sp³-hybridized carbons (Fsp3) is 0.189. The van der Waals surface area contributed by atoms with Gasteiger partial charge in [-0.2, -0.15) is 0 Å². The van der Waals surface area contributed by atoms with Gasteiger partial charge >= 0.3 is 0 Å². The molecule has 3 unspecified atom stereocenters. The second-order valence-electron chi connectivity index (χ2n) is 11.2. The Morgan fingerprint density at radius 3 is 1.66 bits per heavy atom. The molecule has 0 heterocycles. The lowest BCUT2D eigenvalue weighted by Crippen LogP contribution is -2.21. The molecule has 6 rings (SSSR count). The van der Waals surface area contributed by atoms with Gasteiger partial charge in [-0.05, 0) is 70.5 Å². The van der Waals surface area contributed by atoms with Crippen LogP contribution in [0.2, 0.25) is 5.02 Å². The molecule has 3 aliphatic carbocycles. The van der Waals surface area contributed by atoms with E-state index < -0.39 is 0 Å². The average molecular weight is 578 g/mol. The predicted octanol–water partition coefficient (Wildman–Crippen LogP) is 10.0. The minimum Gasteiger partial charge on any atom is -0.289 e. The van der Waals surface area contributed by atoms with Crippen molar-refractivity contribution in [2.75, 3.05) is 0 Å². The molecule has 2 nitrogen and oxygen atoms in total. The zero-order valence-corrected chi connectivity index (χ0v) is 24.8. The van der Waals surface area contributed by atoms with Gasteiger partial charge in [-0.1, -0.05) is 116 Å². The maximum absolute atomic E-state index is 13.9. The molecule has 0 bridgehead atoms. The van der Waals surface area contributed by atoms with Crippen LogP contribution in [-0.2, 0) is 0 Å². The van der Waals surface area contributed by atoms with Crippen molar-refractivity contribution in [3.8, 4) is 0 Å². The number of carbonyl (C=O) groups is 2. The number of hydrogen-bond acceptors (Lipinski definition) is 2. The van der Waals surface area contributed by atoms with E-state index in [2.05, 4.69) is 32.9 Å². The molecule has 4 heteroatoms. The highest BCUT2D eigenvalue weighted by Crippen LogP contribution is 2.44. The molecule has 0 radical (unpaired) electrons.